The number of esters is 1. The van der Waals surface area contributed by atoms with Crippen LogP contribution in [0.15, 0.2) is 42.5 Å². The van der Waals surface area contributed by atoms with Gasteiger partial charge in [0, 0.05) is 18.9 Å². The molecule has 2 rings (SSSR count). The Hall–Kier alpha value is -1.71. The molecule has 1 aromatic carbocycles. The molecule has 1 saturated carbocycles. The van der Waals surface area contributed by atoms with Gasteiger partial charge in [0.25, 0.3) is 0 Å². The molecule has 0 aliphatic heterocycles. The van der Waals surface area contributed by atoms with E-state index in [2.05, 4.69) is 0 Å². The summed E-state index contributed by atoms with van der Waals surface area (Å²) in [5, 5.41) is 0. The summed E-state index contributed by atoms with van der Waals surface area (Å²) in [7, 11) is 0. The molecule has 1 aliphatic carbocycles. The SMILES string of the molecule is O=C(/C=C\CC1CC(F)(F)C1)OCc1ccccc1. The summed E-state index contributed by atoms with van der Waals surface area (Å²) in [4.78, 5) is 11.4. The highest BCUT2D eigenvalue weighted by Gasteiger charge is 2.44. The van der Waals surface area contributed by atoms with E-state index in [1.54, 1.807) is 6.08 Å². The first-order valence-electron chi connectivity index (χ1n) is 6.30. The highest BCUT2D eigenvalue weighted by atomic mass is 19.3. The molecule has 102 valence electrons. The van der Waals surface area contributed by atoms with Gasteiger partial charge in [-0.15, -0.1) is 0 Å². The van der Waals surface area contributed by atoms with Crippen molar-refractivity contribution in [3.05, 3.63) is 48.0 Å². The zero-order chi connectivity index (χ0) is 13.7. The van der Waals surface area contributed by atoms with E-state index in [9.17, 15) is 13.6 Å². The van der Waals surface area contributed by atoms with Crippen molar-refractivity contribution in [3.8, 4) is 0 Å². The van der Waals surface area contributed by atoms with Crippen LogP contribution in [0.25, 0.3) is 0 Å². The predicted molar refractivity (Wildman–Crippen MR) is 67.7 cm³/mol. The van der Waals surface area contributed by atoms with Gasteiger partial charge in [-0.05, 0) is 17.9 Å². The minimum atomic E-state index is -2.49. The number of ether oxygens (including phenoxy) is 1. The standard InChI is InChI=1S/C15H16F2O2/c16-15(17)9-13(10-15)7-4-8-14(18)19-11-12-5-2-1-3-6-12/h1-6,8,13H,7,9-11H2/b8-4-. The number of alkyl halides is 2. The summed E-state index contributed by atoms with van der Waals surface area (Å²) in [6, 6.07) is 9.37. The van der Waals surface area contributed by atoms with E-state index in [1.165, 1.54) is 6.08 Å². The first kappa shape index (κ1) is 13.7. The molecular weight excluding hydrogens is 250 g/mol. The molecule has 4 heteroatoms. The minimum Gasteiger partial charge on any atom is -0.458 e. The number of rotatable bonds is 5. The van der Waals surface area contributed by atoms with Crippen LogP contribution in [0, 0.1) is 5.92 Å². The number of carbonyl (C=O) groups excluding carboxylic acids is 1. The van der Waals surface area contributed by atoms with Gasteiger partial charge in [-0.25, -0.2) is 13.6 Å². The molecule has 0 aromatic heterocycles. The fraction of sp³-hybridized carbons (Fsp3) is 0.400. The maximum absolute atomic E-state index is 12.6. The van der Waals surface area contributed by atoms with Crippen LogP contribution >= 0.6 is 0 Å². The third-order valence-corrected chi connectivity index (χ3v) is 3.12. The molecule has 0 heterocycles. The molecule has 2 nitrogen and oxygen atoms in total. The lowest BCUT2D eigenvalue weighted by molar-refractivity contribution is -0.139. The third kappa shape index (κ3) is 4.47. The van der Waals surface area contributed by atoms with Gasteiger partial charge in [-0.2, -0.15) is 0 Å². The highest BCUT2D eigenvalue weighted by molar-refractivity contribution is 5.81. The number of allylic oxidation sites excluding steroid dienone is 1. The van der Waals surface area contributed by atoms with Crippen molar-refractivity contribution >= 4 is 5.97 Å². The lowest BCUT2D eigenvalue weighted by atomic mass is 9.79. The van der Waals surface area contributed by atoms with Crippen LogP contribution < -0.4 is 0 Å². The van der Waals surface area contributed by atoms with Gasteiger partial charge in [0.05, 0.1) is 0 Å². The normalized spacial score (nSPS) is 18.2. The van der Waals surface area contributed by atoms with E-state index < -0.39 is 11.9 Å². The largest absolute Gasteiger partial charge is 0.458 e. The Morgan fingerprint density at radius 3 is 2.63 bits per heavy atom. The zero-order valence-corrected chi connectivity index (χ0v) is 10.5. The monoisotopic (exact) mass is 266 g/mol. The van der Waals surface area contributed by atoms with Crippen molar-refractivity contribution in [3.63, 3.8) is 0 Å². The Bertz CT molecular complexity index is 446. The summed E-state index contributed by atoms with van der Waals surface area (Å²) >= 11 is 0. The van der Waals surface area contributed by atoms with Gasteiger partial charge < -0.3 is 4.74 Å². The molecule has 0 saturated heterocycles. The number of hydrogen-bond acceptors (Lipinski definition) is 2. The number of benzene rings is 1. The maximum atomic E-state index is 12.6. The second-order valence-electron chi connectivity index (χ2n) is 4.86. The topological polar surface area (TPSA) is 26.3 Å². The summed E-state index contributed by atoms with van der Waals surface area (Å²) in [6.45, 7) is 0.228. The smallest absolute Gasteiger partial charge is 0.330 e. The van der Waals surface area contributed by atoms with Crippen molar-refractivity contribution in [1.82, 2.24) is 0 Å². The Kier molecular flexibility index (Phi) is 4.30. The Morgan fingerprint density at radius 2 is 2.00 bits per heavy atom. The van der Waals surface area contributed by atoms with E-state index in [4.69, 9.17) is 4.74 Å². The summed E-state index contributed by atoms with van der Waals surface area (Å²) < 4.78 is 30.2. The first-order chi connectivity index (χ1) is 9.05. The molecule has 0 atom stereocenters. The number of halogens is 2. The molecule has 0 spiro atoms. The van der Waals surface area contributed by atoms with Gasteiger partial charge in [0.15, 0.2) is 0 Å². The number of carbonyl (C=O) groups is 1. The van der Waals surface area contributed by atoms with Gasteiger partial charge in [-0.1, -0.05) is 36.4 Å². The molecule has 1 aliphatic rings. The van der Waals surface area contributed by atoms with Crippen LogP contribution in [0.2, 0.25) is 0 Å². The molecule has 1 fully saturated rings. The molecule has 1 aromatic rings. The van der Waals surface area contributed by atoms with E-state index >= 15 is 0 Å². The molecular formula is C15H16F2O2. The molecule has 0 bridgehead atoms. The second kappa shape index (κ2) is 5.95. The molecule has 0 unspecified atom stereocenters. The number of hydrogen-bond donors (Lipinski definition) is 0. The average molecular weight is 266 g/mol. The van der Waals surface area contributed by atoms with Crippen LogP contribution in [0.3, 0.4) is 0 Å². The Morgan fingerprint density at radius 1 is 1.32 bits per heavy atom. The van der Waals surface area contributed by atoms with Crippen LogP contribution in [0.5, 0.6) is 0 Å². The molecule has 0 N–H and O–H groups in total. The Balaban J connectivity index is 1.65. The van der Waals surface area contributed by atoms with E-state index in [0.717, 1.165) is 5.56 Å². The van der Waals surface area contributed by atoms with E-state index in [-0.39, 0.29) is 25.4 Å². The van der Waals surface area contributed by atoms with Crippen LogP contribution in [0.4, 0.5) is 8.78 Å². The molecule has 0 radical (unpaired) electrons. The maximum Gasteiger partial charge on any atom is 0.330 e. The van der Waals surface area contributed by atoms with Gasteiger partial charge >= 0.3 is 5.97 Å². The quantitative estimate of drug-likeness (QED) is 0.599. The second-order valence-corrected chi connectivity index (χ2v) is 4.86. The fourth-order valence-corrected chi connectivity index (χ4v) is 2.09. The van der Waals surface area contributed by atoms with Gasteiger partial charge in [0.1, 0.15) is 6.61 Å². The first-order valence-corrected chi connectivity index (χ1v) is 6.30. The minimum absolute atomic E-state index is 0.00632. The van der Waals surface area contributed by atoms with Crippen molar-refractivity contribution in [2.45, 2.75) is 31.8 Å². The van der Waals surface area contributed by atoms with Crippen LogP contribution in [0.1, 0.15) is 24.8 Å². The van der Waals surface area contributed by atoms with Crippen molar-refractivity contribution in [2.24, 2.45) is 5.92 Å². The average Bonchev–Trinajstić information content (AvgIpc) is 2.35. The van der Waals surface area contributed by atoms with Gasteiger partial charge in [0.2, 0.25) is 5.92 Å². The Labute approximate surface area is 111 Å². The summed E-state index contributed by atoms with van der Waals surface area (Å²) in [5.74, 6) is -2.94. The summed E-state index contributed by atoms with van der Waals surface area (Å²) in [5.41, 5.74) is 0.919. The van der Waals surface area contributed by atoms with Gasteiger partial charge in [-0.3, -0.25) is 0 Å². The predicted octanol–water partition coefficient (Wildman–Crippen LogP) is 3.72. The summed E-state index contributed by atoms with van der Waals surface area (Å²) in [6.07, 6.45) is 3.30. The van der Waals surface area contributed by atoms with E-state index in [0.29, 0.717) is 6.42 Å². The van der Waals surface area contributed by atoms with Crippen LogP contribution in [-0.2, 0) is 16.1 Å². The lowest BCUT2D eigenvalue weighted by Crippen LogP contribution is -2.34. The highest BCUT2D eigenvalue weighted by Crippen LogP contribution is 2.44. The lowest BCUT2D eigenvalue weighted by Gasteiger charge is -2.34. The van der Waals surface area contributed by atoms with Crippen molar-refractivity contribution in [1.29, 1.82) is 0 Å². The third-order valence-electron chi connectivity index (χ3n) is 3.12. The molecule has 0 amide bonds. The zero-order valence-electron chi connectivity index (χ0n) is 10.5. The van der Waals surface area contributed by atoms with E-state index in [1.807, 2.05) is 30.3 Å². The fourth-order valence-electron chi connectivity index (χ4n) is 2.09. The van der Waals surface area contributed by atoms with Crippen LogP contribution in [-0.4, -0.2) is 11.9 Å². The van der Waals surface area contributed by atoms with Crippen molar-refractivity contribution in [2.75, 3.05) is 0 Å². The molecule has 19 heavy (non-hydrogen) atoms. The van der Waals surface area contributed by atoms with Crippen molar-refractivity contribution < 1.29 is 18.3 Å².